The van der Waals surface area contributed by atoms with Gasteiger partial charge in [-0.3, -0.25) is 0 Å². The van der Waals surface area contributed by atoms with Crippen LogP contribution in [0.3, 0.4) is 0 Å². The SMILES string of the molecule is COc1cc(Br)c(C(N)C2CCCCS2(=O)=O)cc1OC. The van der Waals surface area contributed by atoms with Crippen molar-refractivity contribution in [2.45, 2.75) is 30.6 Å². The van der Waals surface area contributed by atoms with E-state index in [0.717, 1.165) is 22.9 Å². The van der Waals surface area contributed by atoms with Crippen LogP contribution < -0.4 is 15.2 Å². The topological polar surface area (TPSA) is 78.6 Å². The number of benzene rings is 1. The van der Waals surface area contributed by atoms with E-state index in [1.165, 1.54) is 0 Å². The van der Waals surface area contributed by atoms with Gasteiger partial charge in [-0.05, 0) is 30.5 Å². The normalized spacial score (nSPS) is 22.6. The Morgan fingerprint density at radius 1 is 1.24 bits per heavy atom. The van der Waals surface area contributed by atoms with Crippen molar-refractivity contribution in [1.82, 2.24) is 0 Å². The van der Waals surface area contributed by atoms with Gasteiger partial charge >= 0.3 is 0 Å². The molecule has 0 spiro atoms. The summed E-state index contributed by atoms with van der Waals surface area (Å²) in [6, 6.07) is 2.92. The smallest absolute Gasteiger partial charge is 0.161 e. The van der Waals surface area contributed by atoms with Gasteiger partial charge < -0.3 is 15.2 Å². The number of halogens is 1. The van der Waals surface area contributed by atoms with Crippen LogP contribution in [-0.4, -0.2) is 33.6 Å². The maximum absolute atomic E-state index is 12.2. The van der Waals surface area contributed by atoms with Crippen molar-refractivity contribution in [3.05, 3.63) is 22.2 Å². The van der Waals surface area contributed by atoms with Crippen molar-refractivity contribution < 1.29 is 17.9 Å². The van der Waals surface area contributed by atoms with Gasteiger partial charge in [-0.25, -0.2) is 8.42 Å². The molecular weight excluding hydrogens is 358 g/mol. The summed E-state index contributed by atoms with van der Waals surface area (Å²) in [5, 5.41) is -0.541. The van der Waals surface area contributed by atoms with Crippen molar-refractivity contribution in [2.24, 2.45) is 5.73 Å². The van der Waals surface area contributed by atoms with Gasteiger partial charge in [-0.1, -0.05) is 22.4 Å². The molecule has 0 bridgehead atoms. The molecule has 1 aromatic rings. The monoisotopic (exact) mass is 377 g/mol. The second-order valence-electron chi connectivity index (χ2n) is 5.16. The third-order valence-corrected chi connectivity index (χ3v) is 6.89. The Kier molecular flexibility index (Phi) is 5.16. The van der Waals surface area contributed by atoms with Crippen LogP contribution in [0.15, 0.2) is 16.6 Å². The van der Waals surface area contributed by atoms with Gasteiger partial charge in [-0.2, -0.15) is 0 Å². The van der Waals surface area contributed by atoms with Gasteiger partial charge in [0.15, 0.2) is 21.3 Å². The van der Waals surface area contributed by atoms with Crippen molar-refractivity contribution >= 4 is 25.8 Å². The van der Waals surface area contributed by atoms with E-state index >= 15 is 0 Å². The quantitative estimate of drug-likeness (QED) is 0.871. The van der Waals surface area contributed by atoms with E-state index in [2.05, 4.69) is 15.9 Å². The fourth-order valence-corrected chi connectivity index (χ4v) is 5.32. The highest BCUT2D eigenvalue weighted by Crippen LogP contribution is 2.38. The number of rotatable bonds is 4. The number of methoxy groups -OCH3 is 2. The maximum atomic E-state index is 12.2. The van der Waals surface area contributed by atoms with Crippen LogP contribution in [0.25, 0.3) is 0 Å². The van der Waals surface area contributed by atoms with Crippen molar-refractivity contribution in [3.8, 4) is 11.5 Å². The van der Waals surface area contributed by atoms with Gasteiger partial charge in [0.1, 0.15) is 0 Å². The molecule has 7 heteroatoms. The van der Waals surface area contributed by atoms with Gasteiger partial charge in [0, 0.05) is 10.5 Å². The fourth-order valence-electron chi connectivity index (χ4n) is 2.71. The molecule has 2 atom stereocenters. The van der Waals surface area contributed by atoms with E-state index in [0.29, 0.717) is 17.9 Å². The lowest BCUT2D eigenvalue weighted by atomic mass is 10.00. The molecule has 0 saturated carbocycles. The molecular formula is C14H20BrNO4S. The van der Waals surface area contributed by atoms with Crippen molar-refractivity contribution in [1.29, 1.82) is 0 Å². The molecule has 1 aromatic carbocycles. The largest absolute Gasteiger partial charge is 0.493 e. The van der Waals surface area contributed by atoms with Crippen LogP contribution in [0.2, 0.25) is 0 Å². The molecule has 0 amide bonds. The number of hydrogen-bond acceptors (Lipinski definition) is 5. The number of nitrogens with two attached hydrogens (primary N) is 1. The molecule has 118 valence electrons. The van der Waals surface area contributed by atoms with Crippen molar-refractivity contribution in [3.63, 3.8) is 0 Å². The van der Waals surface area contributed by atoms with Crippen LogP contribution >= 0.6 is 15.9 Å². The molecule has 0 radical (unpaired) electrons. The van der Waals surface area contributed by atoms with Gasteiger partial charge in [0.2, 0.25) is 0 Å². The van der Waals surface area contributed by atoms with Crippen LogP contribution in [0.5, 0.6) is 11.5 Å². The summed E-state index contributed by atoms with van der Waals surface area (Å²) >= 11 is 3.45. The molecule has 2 N–H and O–H groups in total. The summed E-state index contributed by atoms with van der Waals surface area (Å²) < 4.78 is 35.7. The minimum atomic E-state index is -3.14. The summed E-state index contributed by atoms with van der Waals surface area (Å²) in [5.74, 6) is 1.34. The van der Waals surface area contributed by atoms with E-state index in [1.807, 2.05) is 0 Å². The Labute approximate surface area is 133 Å². The predicted molar refractivity (Wildman–Crippen MR) is 85.6 cm³/mol. The molecule has 1 saturated heterocycles. The molecule has 1 heterocycles. The van der Waals surface area contributed by atoms with E-state index in [-0.39, 0.29) is 5.75 Å². The van der Waals surface area contributed by atoms with Crippen LogP contribution in [0, 0.1) is 0 Å². The lowest BCUT2D eigenvalue weighted by Gasteiger charge is -2.28. The first-order valence-corrected chi connectivity index (χ1v) is 9.30. The molecule has 2 rings (SSSR count). The lowest BCUT2D eigenvalue weighted by Crippen LogP contribution is -2.38. The zero-order valence-corrected chi connectivity index (χ0v) is 14.5. The van der Waals surface area contributed by atoms with Gasteiger partial charge in [0.05, 0.1) is 25.2 Å². The zero-order valence-electron chi connectivity index (χ0n) is 12.1. The number of ether oxygens (including phenoxy) is 2. The summed E-state index contributed by atoms with van der Waals surface area (Å²) in [7, 11) is -0.0497. The van der Waals surface area contributed by atoms with Gasteiger partial charge in [0.25, 0.3) is 0 Å². The van der Waals surface area contributed by atoms with E-state index in [4.69, 9.17) is 15.2 Å². The van der Waals surface area contributed by atoms with Crippen LogP contribution in [0.1, 0.15) is 30.9 Å². The van der Waals surface area contributed by atoms with E-state index < -0.39 is 21.1 Å². The average Bonchev–Trinajstić information content (AvgIpc) is 2.45. The van der Waals surface area contributed by atoms with Crippen molar-refractivity contribution in [2.75, 3.05) is 20.0 Å². The van der Waals surface area contributed by atoms with Crippen LogP contribution in [0.4, 0.5) is 0 Å². The summed E-state index contributed by atoms with van der Waals surface area (Å²) in [4.78, 5) is 0. The Morgan fingerprint density at radius 3 is 2.43 bits per heavy atom. The fraction of sp³-hybridized carbons (Fsp3) is 0.571. The molecule has 1 aliphatic heterocycles. The first kappa shape index (κ1) is 16.6. The standard InChI is InChI=1S/C14H20BrNO4S/c1-19-11-7-9(10(15)8-12(11)20-2)14(16)13-5-3-4-6-21(13,17)18/h7-8,13-14H,3-6,16H2,1-2H3. The highest BCUT2D eigenvalue weighted by molar-refractivity contribution is 9.10. The van der Waals surface area contributed by atoms with Crippen LogP contribution in [-0.2, 0) is 9.84 Å². The number of sulfone groups is 1. The number of hydrogen-bond donors (Lipinski definition) is 1. The molecule has 0 aromatic heterocycles. The second kappa shape index (κ2) is 6.54. The van der Waals surface area contributed by atoms with Gasteiger partial charge in [-0.15, -0.1) is 0 Å². The highest BCUT2D eigenvalue weighted by atomic mass is 79.9. The summed E-state index contributed by atoms with van der Waals surface area (Å²) in [5.41, 5.74) is 6.98. The first-order valence-electron chi connectivity index (χ1n) is 6.79. The third kappa shape index (κ3) is 3.35. The Morgan fingerprint density at radius 2 is 1.86 bits per heavy atom. The summed E-state index contributed by atoms with van der Waals surface area (Å²) in [6.07, 6.45) is 2.21. The second-order valence-corrected chi connectivity index (χ2v) is 8.35. The highest BCUT2D eigenvalue weighted by Gasteiger charge is 2.35. The molecule has 5 nitrogen and oxygen atoms in total. The predicted octanol–water partition coefficient (Wildman–Crippen LogP) is 2.43. The first-order chi connectivity index (χ1) is 9.90. The van der Waals surface area contributed by atoms with E-state index in [9.17, 15) is 8.42 Å². The zero-order chi connectivity index (χ0) is 15.6. The third-order valence-electron chi connectivity index (χ3n) is 3.89. The minimum Gasteiger partial charge on any atom is -0.493 e. The Hall–Kier alpha value is -0.790. The minimum absolute atomic E-state index is 0.219. The van der Waals surface area contributed by atoms with E-state index in [1.54, 1.807) is 26.4 Å². The molecule has 1 aliphatic rings. The Balaban J connectivity index is 2.41. The Bertz CT molecular complexity index is 618. The average molecular weight is 378 g/mol. The molecule has 2 unspecified atom stereocenters. The molecule has 21 heavy (non-hydrogen) atoms. The molecule has 0 aliphatic carbocycles. The maximum Gasteiger partial charge on any atom is 0.161 e. The summed E-state index contributed by atoms with van der Waals surface area (Å²) in [6.45, 7) is 0. The molecule has 1 fully saturated rings. The lowest BCUT2D eigenvalue weighted by molar-refractivity contribution is 0.353.